The van der Waals surface area contributed by atoms with Crippen molar-refractivity contribution >= 4 is 29.0 Å². The smallest absolute Gasteiger partial charge is 0.277 e. The van der Waals surface area contributed by atoms with Crippen LogP contribution in [0.1, 0.15) is 16.5 Å². The third kappa shape index (κ3) is 4.42. The molecule has 5 rings (SSSR count). The largest absolute Gasteiger partial charge is 0.454 e. The molecule has 1 amide bonds. The fraction of sp³-hybridized carbons (Fsp3) is 0.136. The van der Waals surface area contributed by atoms with Gasteiger partial charge in [0.05, 0.1) is 11.8 Å². The predicted molar refractivity (Wildman–Crippen MR) is 117 cm³/mol. The van der Waals surface area contributed by atoms with Gasteiger partial charge in [-0.05, 0) is 35.2 Å². The Labute approximate surface area is 186 Å². The van der Waals surface area contributed by atoms with E-state index >= 15 is 0 Å². The van der Waals surface area contributed by atoms with E-state index < -0.39 is 0 Å². The molecule has 1 unspecified atom stereocenters. The molecule has 0 radical (unpaired) electrons. The molecule has 9 heteroatoms. The molecule has 1 N–H and O–H groups in total. The Morgan fingerprint density at radius 1 is 1.06 bits per heavy atom. The number of hydrogen-bond donors (Lipinski definition) is 1. The Hall–Kier alpha value is -3.30. The summed E-state index contributed by atoms with van der Waals surface area (Å²) in [5.41, 5.74) is 1.76. The van der Waals surface area contributed by atoms with Gasteiger partial charge in [0.1, 0.15) is 0 Å². The highest BCUT2D eigenvalue weighted by molar-refractivity contribution is 7.99. The van der Waals surface area contributed by atoms with Crippen molar-refractivity contribution in [3.8, 4) is 23.0 Å². The fourth-order valence-corrected chi connectivity index (χ4v) is 4.54. The minimum atomic E-state index is -0.193. The number of benzene rings is 2. The van der Waals surface area contributed by atoms with E-state index in [0.717, 1.165) is 16.0 Å². The van der Waals surface area contributed by atoms with Crippen LogP contribution in [0, 0.1) is 0 Å². The van der Waals surface area contributed by atoms with E-state index in [2.05, 4.69) is 15.5 Å². The van der Waals surface area contributed by atoms with Crippen molar-refractivity contribution in [3.63, 3.8) is 0 Å². The number of fused-ring (bicyclic) bond motifs is 1. The number of thioether (sulfide) groups is 1. The lowest BCUT2D eigenvalue weighted by Gasteiger charge is -2.17. The van der Waals surface area contributed by atoms with E-state index in [-0.39, 0.29) is 24.5 Å². The summed E-state index contributed by atoms with van der Waals surface area (Å²) in [6, 6.07) is 19.1. The first kappa shape index (κ1) is 19.7. The normalized spacial score (nSPS) is 13.2. The lowest BCUT2D eigenvalue weighted by atomic mass is 10.1. The molecule has 0 fully saturated rings. The number of amides is 1. The molecule has 1 atom stereocenters. The summed E-state index contributed by atoms with van der Waals surface area (Å²) >= 11 is 2.81. The summed E-state index contributed by atoms with van der Waals surface area (Å²) in [4.78, 5) is 13.7. The number of carbonyl (C=O) groups is 1. The minimum absolute atomic E-state index is 0.116. The summed E-state index contributed by atoms with van der Waals surface area (Å²) in [6.45, 7) is 0.203. The number of hydrogen-bond acceptors (Lipinski definition) is 8. The van der Waals surface area contributed by atoms with Crippen molar-refractivity contribution in [2.24, 2.45) is 0 Å². The van der Waals surface area contributed by atoms with Crippen molar-refractivity contribution in [1.29, 1.82) is 0 Å². The van der Waals surface area contributed by atoms with Gasteiger partial charge in [0, 0.05) is 10.4 Å². The Bertz CT molecular complexity index is 1180. The molecule has 2 aromatic carbocycles. The highest BCUT2D eigenvalue weighted by Crippen LogP contribution is 2.36. The van der Waals surface area contributed by atoms with Crippen LogP contribution in [-0.2, 0) is 4.79 Å². The second-order valence-corrected chi connectivity index (χ2v) is 8.56. The monoisotopic (exact) mass is 451 g/mol. The third-order valence-corrected chi connectivity index (χ3v) is 6.37. The molecule has 0 saturated carbocycles. The molecule has 156 valence electrons. The van der Waals surface area contributed by atoms with Crippen LogP contribution in [0.25, 0.3) is 11.5 Å². The van der Waals surface area contributed by atoms with Gasteiger partial charge in [0.25, 0.3) is 5.22 Å². The first-order chi connectivity index (χ1) is 15.3. The Kier molecular flexibility index (Phi) is 5.59. The van der Waals surface area contributed by atoms with Crippen LogP contribution >= 0.6 is 23.1 Å². The van der Waals surface area contributed by atoms with E-state index in [9.17, 15) is 4.79 Å². The van der Waals surface area contributed by atoms with E-state index in [0.29, 0.717) is 22.6 Å². The number of carbonyl (C=O) groups excluding carboxylic acids is 1. The van der Waals surface area contributed by atoms with Crippen molar-refractivity contribution in [1.82, 2.24) is 15.5 Å². The van der Waals surface area contributed by atoms with Gasteiger partial charge in [-0.25, -0.2) is 0 Å². The molecule has 2 aromatic heterocycles. The molecule has 0 bridgehead atoms. The quantitative estimate of drug-likeness (QED) is 0.413. The number of aromatic nitrogens is 2. The molecule has 1 aliphatic rings. The molecule has 31 heavy (non-hydrogen) atoms. The predicted octanol–water partition coefficient (Wildman–Crippen LogP) is 4.52. The first-order valence-electron chi connectivity index (χ1n) is 9.50. The lowest BCUT2D eigenvalue weighted by Crippen LogP contribution is -2.30. The third-order valence-electron chi connectivity index (χ3n) is 4.62. The SMILES string of the molecule is O=C(CSc1nnc(-c2ccc3c(c2)OCO3)o1)NC(c1ccccc1)c1cccs1. The molecular formula is C22H17N3O4S2. The Morgan fingerprint density at radius 2 is 1.94 bits per heavy atom. The minimum Gasteiger partial charge on any atom is -0.454 e. The zero-order valence-corrected chi connectivity index (χ0v) is 17.8. The van der Waals surface area contributed by atoms with Gasteiger partial charge in [-0.3, -0.25) is 4.79 Å². The van der Waals surface area contributed by atoms with Crippen LogP contribution in [0.4, 0.5) is 0 Å². The van der Waals surface area contributed by atoms with Gasteiger partial charge in [0.15, 0.2) is 11.5 Å². The number of ether oxygens (including phenoxy) is 2. The highest BCUT2D eigenvalue weighted by Gasteiger charge is 2.20. The van der Waals surface area contributed by atoms with Crippen LogP contribution in [0.15, 0.2) is 75.7 Å². The molecular weight excluding hydrogens is 434 g/mol. The van der Waals surface area contributed by atoms with E-state index in [1.807, 2.05) is 53.9 Å². The fourth-order valence-electron chi connectivity index (χ4n) is 3.16. The molecule has 0 saturated heterocycles. The summed E-state index contributed by atoms with van der Waals surface area (Å²) in [5, 5.41) is 13.6. The topological polar surface area (TPSA) is 86.5 Å². The van der Waals surface area contributed by atoms with E-state index in [1.54, 1.807) is 23.5 Å². The van der Waals surface area contributed by atoms with Crippen LogP contribution in [0.3, 0.4) is 0 Å². The zero-order valence-electron chi connectivity index (χ0n) is 16.2. The van der Waals surface area contributed by atoms with E-state index in [1.165, 1.54) is 11.8 Å². The van der Waals surface area contributed by atoms with Gasteiger partial charge >= 0.3 is 0 Å². The van der Waals surface area contributed by atoms with Crippen molar-refractivity contribution in [2.75, 3.05) is 12.5 Å². The van der Waals surface area contributed by atoms with Gasteiger partial charge in [-0.15, -0.1) is 21.5 Å². The zero-order chi connectivity index (χ0) is 21.0. The Balaban J connectivity index is 1.23. The molecule has 7 nitrogen and oxygen atoms in total. The number of thiophene rings is 1. The molecule has 3 heterocycles. The average molecular weight is 452 g/mol. The average Bonchev–Trinajstić information content (AvgIpc) is 3.57. The first-order valence-corrected chi connectivity index (χ1v) is 11.4. The van der Waals surface area contributed by atoms with Crippen molar-refractivity contribution < 1.29 is 18.7 Å². The number of nitrogens with one attached hydrogen (secondary N) is 1. The summed E-state index contributed by atoms with van der Waals surface area (Å²) in [6.07, 6.45) is 0. The number of rotatable bonds is 7. The standard InChI is InChI=1S/C22H17N3O4S2/c26-19(23-20(18-7-4-10-30-18)14-5-2-1-3-6-14)12-31-22-25-24-21(29-22)15-8-9-16-17(11-15)28-13-27-16/h1-11,20H,12-13H2,(H,23,26). The van der Waals surface area contributed by atoms with Crippen LogP contribution in [0.2, 0.25) is 0 Å². The van der Waals surface area contributed by atoms with Crippen LogP contribution in [-0.4, -0.2) is 28.7 Å². The van der Waals surface area contributed by atoms with Gasteiger partial charge in [0.2, 0.25) is 18.6 Å². The maximum Gasteiger partial charge on any atom is 0.277 e. The van der Waals surface area contributed by atoms with E-state index in [4.69, 9.17) is 13.9 Å². The maximum absolute atomic E-state index is 12.7. The van der Waals surface area contributed by atoms with Crippen molar-refractivity contribution in [2.45, 2.75) is 11.3 Å². The second-order valence-electron chi connectivity index (χ2n) is 6.66. The van der Waals surface area contributed by atoms with Crippen molar-refractivity contribution in [3.05, 3.63) is 76.5 Å². The highest BCUT2D eigenvalue weighted by atomic mass is 32.2. The van der Waals surface area contributed by atoms with Crippen LogP contribution < -0.4 is 14.8 Å². The molecule has 1 aliphatic heterocycles. The Morgan fingerprint density at radius 3 is 2.77 bits per heavy atom. The molecule has 0 spiro atoms. The second kappa shape index (κ2) is 8.83. The van der Waals surface area contributed by atoms with Crippen LogP contribution in [0.5, 0.6) is 11.5 Å². The summed E-state index contributed by atoms with van der Waals surface area (Å²) < 4.78 is 16.4. The maximum atomic E-state index is 12.7. The summed E-state index contributed by atoms with van der Waals surface area (Å²) in [5.74, 6) is 1.74. The number of nitrogens with zero attached hydrogens (tertiary/aromatic N) is 2. The molecule has 4 aromatic rings. The van der Waals surface area contributed by atoms with Gasteiger partial charge < -0.3 is 19.2 Å². The van der Waals surface area contributed by atoms with Gasteiger partial charge in [-0.1, -0.05) is 48.2 Å². The van der Waals surface area contributed by atoms with Gasteiger partial charge in [-0.2, -0.15) is 0 Å². The summed E-state index contributed by atoms with van der Waals surface area (Å²) in [7, 11) is 0. The molecule has 0 aliphatic carbocycles. The lowest BCUT2D eigenvalue weighted by molar-refractivity contribution is -0.119.